The van der Waals surface area contributed by atoms with Crippen molar-refractivity contribution in [2.45, 2.75) is 20.3 Å². The molecule has 108 valence electrons. The number of aryl methyl sites for hydroxylation is 2. The van der Waals surface area contributed by atoms with Crippen molar-refractivity contribution in [2.75, 3.05) is 44.2 Å². The topological polar surface area (TPSA) is 63.4 Å². The lowest BCUT2D eigenvalue weighted by molar-refractivity contribution is 0.204. The fourth-order valence-corrected chi connectivity index (χ4v) is 2.73. The Kier molecular flexibility index (Phi) is 4.94. The zero-order chi connectivity index (χ0) is 14.5. The Balaban J connectivity index is 2.22. The van der Waals surface area contributed by atoms with Gasteiger partial charge in [0.1, 0.15) is 11.9 Å². The highest BCUT2D eigenvalue weighted by Gasteiger charge is 2.19. The highest BCUT2D eigenvalue weighted by Crippen LogP contribution is 2.22. The Bertz CT molecular complexity index is 509. The van der Waals surface area contributed by atoms with Crippen LogP contribution in [0, 0.1) is 25.2 Å². The van der Waals surface area contributed by atoms with E-state index >= 15 is 0 Å². The maximum atomic E-state index is 9.37. The Morgan fingerprint density at radius 1 is 1.30 bits per heavy atom. The van der Waals surface area contributed by atoms with Crippen LogP contribution in [0.3, 0.4) is 0 Å². The first-order valence-corrected chi connectivity index (χ1v) is 7.12. The average molecular weight is 274 g/mol. The van der Waals surface area contributed by atoms with Gasteiger partial charge in [-0.05, 0) is 38.4 Å². The number of hydrogen-bond donors (Lipinski definition) is 1. The van der Waals surface area contributed by atoms with E-state index < -0.39 is 0 Å². The third-order valence-electron chi connectivity index (χ3n) is 3.74. The molecular formula is C15H22N4O. The van der Waals surface area contributed by atoms with Crippen LogP contribution in [0.25, 0.3) is 0 Å². The molecule has 0 unspecified atom stereocenters. The molecule has 1 aliphatic rings. The molecule has 5 nitrogen and oxygen atoms in total. The second kappa shape index (κ2) is 6.69. The van der Waals surface area contributed by atoms with Gasteiger partial charge in [0.05, 0.1) is 12.2 Å². The summed E-state index contributed by atoms with van der Waals surface area (Å²) >= 11 is 0. The van der Waals surface area contributed by atoms with Crippen molar-refractivity contribution in [2.24, 2.45) is 0 Å². The SMILES string of the molecule is Cc1cc(C)c(C#N)c(N2CCCN(CCO)CC2)n1. The molecule has 1 aliphatic heterocycles. The largest absolute Gasteiger partial charge is 0.395 e. The van der Waals surface area contributed by atoms with Crippen LogP contribution >= 0.6 is 0 Å². The van der Waals surface area contributed by atoms with Gasteiger partial charge in [0.15, 0.2) is 0 Å². The zero-order valence-electron chi connectivity index (χ0n) is 12.3. The molecule has 1 N–H and O–H groups in total. The van der Waals surface area contributed by atoms with Crippen molar-refractivity contribution in [1.29, 1.82) is 5.26 Å². The van der Waals surface area contributed by atoms with E-state index in [0.717, 1.165) is 56.2 Å². The molecule has 20 heavy (non-hydrogen) atoms. The van der Waals surface area contributed by atoms with E-state index in [9.17, 15) is 5.26 Å². The molecule has 1 fully saturated rings. The molecule has 0 amide bonds. The summed E-state index contributed by atoms with van der Waals surface area (Å²) in [6, 6.07) is 4.24. The van der Waals surface area contributed by atoms with Gasteiger partial charge in [-0.25, -0.2) is 4.98 Å². The minimum absolute atomic E-state index is 0.200. The zero-order valence-corrected chi connectivity index (χ0v) is 12.3. The van der Waals surface area contributed by atoms with E-state index in [1.54, 1.807) is 0 Å². The number of nitrogens with zero attached hydrogens (tertiary/aromatic N) is 4. The lowest BCUT2D eigenvalue weighted by atomic mass is 10.1. The van der Waals surface area contributed by atoms with Crippen LogP contribution in [-0.4, -0.2) is 54.3 Å². The van der Waals surface area contributed by atoms with E-state index in [-0.39, 0.29) is 6.61 Å². The molecule has 0 bridgehead atoms. The van der Waals surface area contributed by atoms with E-state index in [2.05, 4.69) is 20.9 Å². The number of nitriles is 1. The van der Waals surface area contributed by atoms with Crippen LogP contribution in [-0.2, 0) is 0 Å². The van der Waals surface area contributed by atoms with E-state index in [1.165, 1.54) is 0 Å². The summed E-state index contributed by atoms with van der Waals surface area (Å²) in [5.74, 6) is 0.816. The monoisotopic (exact) mass is 274 g/mol. The first-order chi connectivity index (χ1) is 9.65. The van der Waals surface area contributed by atoms with Crippen LogP contribution in [0.4, 0.5) is 5.82 Å². The number of hydrogen-bond acceptors (Lipinski definition) is 5. The van der Waals surface area contributed by atoms with Crippen molar-refractivity contribution in [1.82, 2.24) is 9.88 Å². The van der Waals surface area contributed by atoms with Gasteiger partial charge in [-0.2, -0.15) is 5.26 Å². The molecule has 2 heterocycles. The van der Waals surface area contributed by atoms with Crippen LogP contribution in [0.5, 0.6) is 0 Å². The number of pyridine rings is 1. The summed E-state index contributed by atoms with van der Waals surface area (Å²) in [6.45, 7) is 8.51. The van der Waals surface area contributed by atoms with Crippen molar-refractivity contribution in [3.05, 3.63) is 22.9 Å². The Labute approximate surface area is 120 Å². The van der Waals surface area contributed by atoms with Gasteiger partial charge < -0.3 is 10.0 Å². The maximum Gasteiger partial charge on any atom is 0.147 e. The van der Waals surface area contributed by atoms with Crippen LogP contribution in [0.15, 0.2) is 6.07 Å². The number of rotatable bonds is 3. The van der Waals surface area contributed by atoms with Crippen molar-refractivity contribution >= 4 is 5.82 Å². The summed E-state index contributed by atoms with van der Waals surface area (Å²) in [6.07, 6.45) is 1.03. The molecule has 0 atom stereocenters. The molecule has 1 aromatic rings. The number of β-amino-alcohol motifs (C(OH)–C–C–N with tert-alkyl or cyclic N) is 1. The normalized spacial score (nSPS) is 16.8. The maximum absolute atomic E-state index is 9.37. The summed E-state index contributed by atoms with van der Waals surface area (Å²) in [5, 5.41) is 18.4. The van der Waals surface area contributed by atoms with Gasteiger partial charge >= 0.3 is 0 Å². The molecule has 0 saturated carbocycles. The van der Waals surface area contributed by atoms with Gasteiger partial charge in [-0.3, -0.25) is 4.90 Å². The highest BCUT2D eigenvalue weighted by atomic mass is 16.3. The fraction of sp³-hybridized carbons (Fsp3) is 0.600. The van der Waals surface area contributed by atoms with Crippen LogP contribution < -0.4 is 4.90 Å². The summed E-state index contributed by atoms with van der Waals surface area (Å²) < 4.78 is 0. The second-order valence-electron chi connectivity index (χ2n) is 5.30. The van der Waals surface area contributed by atoms with Crippen LogP contribution in [0.2, 0.25) is 0 Å². The van der Waals surface area contributed by atoms with E-state index in [0.29, 0.717) is 5.56 Å². The van der Waals surface area contributed by atoms with Gasteiger partial charge in [-0.15, -0.1) is 0 Å². The number of anilines is 1. The van der Waals surface area contributed by atoms with Crippen molar-refractivity contribution in [3.8, 4) is 6.07 Å². The van der Waals surface area contributed by atoms with Gasteiger partial charge in [-0.1, -0.05) is 0 Å². The summed E-state index contributed by atoms with van der Waals surface area (Å²) in [4.78, 5) is 9.04. The third kappa shape index (κ3) is 3.27. The molecule has 0 aliphatic carbocycles. The number of aliphatic hydroxyl groups is 1. The second-order valence-corrected chi connectivity index (χ2v) is 5.30. The van der Waals surface area contributed by atoms with Gasteiger partial charge in [0.2, 0.25) is 0 Å². The summed E-state index contributed by atoms with van der Waals surface area (Å²) in [7, 11) is 0. The first kappa shape index (κ1) is 14.8. The van der Waals surface area contributed by atoms with Gasteiger partial charge in [0.25, 0.3) is 0 Å². The van der Waals surface area contributed by atoms with E-state index in [1.807, 2.05) is 19.9 Å². The molecule has 5 heteroatoms. The molecule has 1 saturated heterocycles. The Morgan fingerprint density at radius 3 is 2.80 bits per heavy atom. The van der Waals surface area contributed by atoms with E-state index in [4.69, 9.17) is 5.11 Å². The predicted octanol–water partition coefficient (Wildman–Crippen LogP) is 1.07. The van der Waals surface area contributed by atoms with Crippen molar-refractivity contribution < 1.29 is 5.11 Å². The highest BCUT2D eigenvalue weighted by molar-refractivity contribution is 5.58. The molecule has 0 spiro atoms. The molecule has 2 rings (SSSR count). The first-order valence-electron chi connectivity index (χ1n) is 7.12. The molecule has 0 aromatic carbocycles. The fourth-order valence-electron chi connectivity index (χ4n) is 2.73. The summed E-state index contributed by atoms with van der Waals surface area (Å²) in [5.41, 5.74) is 2.63. The third-order valence-corrected chi connectivity index (χ3v) is 3.74. The minimum atomic E-state index is 0.200. The molecule has 1 aromatic heterocycles. The Morgan fingerprint density at radius 2 is 2.10 bits per heavy atom. The number of aromatic nitrogens is 1. The number of aliphatic hydroxyl groups excluding tert-OH is 1. The Hall–Kier alpha value is -1.64. The van der Waals surface area contributed by atoms with Crippen LogP contribution in [0.1, 0.15) is 23.2 Å². The average Bonchev–Trinajstić information content (AvgIpc) is 2.64. The smallest absolute Gasteiger partial charge is 0.147 e. The quantitative estimate of drug-likeness (QED) is 0.893. The molecule has 0 radical (unpaired) electrons. The lowest BCUT2D eigenvalue weighted by Gasteiger charge is -2.24. The standard InChI is InChI=1S/C15H22N4O/c1-12-10-13(2)17-15(14(12)11-16)19-5-3-4-18(6-7-19)8-9-20/h10,20H,3-9H2,1-2H3. The van der Waals surface area contributed by atoms with Gasteiger partial charge in [0, 0.05) is 31.9 Å². The minimum Gasteiger partial charge on any atom is -0.395 e. The predicted molar refractivity (Wildman–Crippen MR) is 78.8 cm³/mol. The molecular weight excluding hydrogens is 252 g/mol. The van der Waals surface area contributed by atoms with Crippen molar-refractivity contribution in [3.63, 3.8) is 0 Å². The lowest BCUT2D eigenvalue weighted by Crippen LogP contribution is -2.33.